The van der Waals surface area contributed by atoms with Crippen LogP contribution >= 0.6 is 11.3 Å². The maximum absolute atomic E-state index is 6.24. The van der Waals surface area contributed by atoms with Crippen molar-refractivity contribution in [3.63, 3.8) is 0 Å². The average molecular weight is 259 g/mol. The van der Waals surface area contributed by atoms with E-state index >= 15 is 0 Å². The van der Waals surface area contributed by atoms with Crippen LogP contribution in [0.3, 0.4) is 0 Å². The van der Waals surface area contributed by atoms with Crippen molar-refractivity contribution in [3.8, 4) is 0 Å². The molecule has 0 aliphatic heterocycles. The minimum Gasteiger partial charge on any atom is -0.323 e. The average Bonchev–Trinajstić information content (AvgIpc) is 2.89. The molecule has 1 nitrogen and oxygen atoms in total. The van der Waals surface area contributed by atoms with Gasteiger partial charge in [0.2, 0.25) is 0 Å². The van der Waals surface area contributed by atoms with E-state index in [1.807, 2.05) is 11.3 Å². The van der Waals surface area contributed by atoms with Gasteiger partial charge in [0.1, 0.15) is 0 Å². The normalized spacial score (nSPS) is 12.6. The van der Waals surface area contributed by atoms with Crippen LogP contribution in [0.1, 0.15) is 41.1 Å². The van der Waals surface area contributed by atoms with Gasteiger partial charge in [-0.2, -0.15) is 0 Å². The molecule has 0 saturated heterocycles. The highest BCUT2D eigenvalue weighted by molar-refractivity contribution is 7.12. The van der Waals surface area contributed by atoms with E-state index in [9.17, 15) is 0 Å². The summed E-state index contributed by atoms with van der Waals surface area (Å²) in [6.07, 6.45) is 4.46. The van der Waals surface area contributed by atoms with Crippen LogP contribution in [-0.4, -0.2) is 0 Å². The standard InChI is InChI=1S/C16H21NS/c1-2-14-11-12-16(18-14)15(17)10-6-9-13-7-4-3-5-8-13/h3-5,7-8,11-12,15H,2,6,9-10,17H2,1H3. The number of hydrogen-bond acceptors (Lipinski definition) is 2. The third kappa shape index (κ3) is 3.69. The van der Waals surface area contributed by atoms with Gasteiger partial charge in [-0.15, -0.1) is 11.3 Å². The van der Waals surface area contributed by atoms with Gasteiger partial charge in [-0.3, -0.25) is 0 Å². The van der Waals surface area contributed by atoms with Crippen LogP contribution < -0.4 is 5.73 Å². The zero-order valence-corrected chi connectivity index (χ0v) is 11.7. The number of nitrogens with two attached hydrogens (primary N) is 1. The van der Waals surface area contributed by atoms with Crippen molar-refractivity contribution in [2.45, 2.75) is 38.6 Å². The van der Waals surface area contributed by atoms with E-state index in [-0.39, 0.29) is 6.04 Å². The lowest BCUT2D eigenvalue weighted by molar-refractivity contribution is 0.620. The van der Waals surface area contributed by atoms with Crippen molar-refractivity contribution in [1.82, 2.24) is 0 Å². The second kappa shape index (κ2) is 6.72. The van der Waals surface area contributed by atoms with Gasteiger partial charge in [0.05, 0.1) is 0 Å². The summed E-state index contributed by atoms with van der Waals surface area (Å²) in [7, 11) is 0. The Kier molecular flexibility index (Phi) is 4.97. The van der Waals surface area contributed by atoms with Gasteiger partial charge in [0.25, 0.3) is 0 Å². The number of rotatable bonds is 6. The maximum atomic E-state index is 6.24. The number of aryl methyl sites for hydroxylation is 2. The van der Waals surface area contributed by atoms with Crippen LogP contribution in [0.15, 0.2) is 42.5 Å². The van der Waals surface area contributed by atoms with Crippen LogP contribution in [0.2, 0.25) is 0 Å². The molecule has 0 bridgehead atoms. The summed E-state index contributed by atoms with van der Waals surface area (Å²) in [6.45, 7) is 2.19. The highest BCUT2D eigenvalue weighted by Crippen LogP contribution is 2.25. The first-order chi connectivity index (χ1) is 8.79. The molecule has 2 aromatic rings. The molecule has 0 saturated carbocycles. The Morgan fingerprint density at radius 2 is 1.89 bits per heavy atom. The minimum absolute atomic E-state index is 0.207. The molecule has 0 radical (unpaired) electrons. The van der Waals surface area contributed by atoms with Crippen LogP contribution in [0.25, 0.3) is 0 Å². The molecule has 1 heterocycles. The molecule has 0 amide bonds. The predicted molar refractivity (Wildman–Crippen MR) is 80.0 cm³/mol. The topological polar surface area (TPSA) is 26.0 Å². The lowest BCUT2D eigenvalue weighted by Crippen LogP contribution is -2.08. The minimum atomic E-state index is 0.207. The number of hydrogen-bond donors (Lipinski definition) is 1. The van der Waals surface area contributed by atoms with Gasteiger partial charge in [-0.05, 0) is 43.4 Å². The highest BCUT2D eigenvalue weighted by atomic mass is 32.1. The van der Waals surface area contributed by atoms with Crippen LogP contribution in [0, 0.1) is 0 Å². The van der Waals surface area contributed by atoms with E-state index < -0.39 is 0 Å². The lowest BCUT2D eigenvalue weighted by atomic mass is 10.0. The zero-order chi connectivity index (χ0) is 12.8. The molecule has 96 valence electrons. The van der Waals surface area contributed by atoms with Crippen LogP contribution in [0.5, 0.6) is 0 Å². The van der Waals surface area contributed by atoms with Crippen molar-refractivity contribution in [2.24, 2.45) is 5.73 Å². The summed E-state index contributed by atoms with van der Waals surface area (Å²) < 4.78 is 0. The van der Waals surface area contributed by atoms with E-state index in [1.165, 1.54) is 15.3 Å². The Balaban J connectivity index is 1.79. The van der Waals surface area contributed by atoms with Gasteiger partial charge in [-0.1, -0.05) is 37.3 Å². The second-order valence-electron chi connectivity index (χ2n) is 4.64. The molecule has 18 heavy (non-hydrogen) atoms. The first kappa shape index (κ1) is 13.3. The van der Waals surface area contributed by atoms with Gasteiger partial charge < -0.3 is 5.73 Å². The molecule has 1 aromatic heterocycles. The molecule has 0 fully saturated rings. The molecule has 2 rings (SSSR count). The quantitative estimate of drug-likeness (QED) is 0.821. The van der Waals surface area contributed by atoms with Crippen LogP contribution in [-0.2, 0) is 12.8 Å². The van der Waals surface area contributed by atoms with E-state index in [1.54, 1.807) is 0 Å². The molecule has 0 aliphatic carbocycles. The Labute approximate surface area is 114 Å². The molecule has 1 atom stereocenters. The largest absolute Gasteiger partial charge is 0.323 e. The summed E-state index contributed by atoms with van der Waals surface area (Å²) in [4.78, 5) is 2.77. The molecule has 0 aliphatic rings. The Hall–Kier alpha value is -1.12. The molecular weight excluding hydrogens is 238 g/mol. The lowest BCUT2D eigenvalue weighted by Gasteiger charge is -2.09. The van der Waals surface area contributed by atoms with Crippen molar-refractivity contribution in [3.05, 3.63) is 57.8 Å². The van der Waals surface area contributed by atoms with Crippen molar-refractivity contribution in [1.29, 1.82) is 0 Å². The maximum Gasteiger partial charge on any atom is 0.0389 e. The fourth-order valence-corrected chi connectivity index (χ4v) is 3.09. The number of benzene rings is 1. The fourth-order valence-electron chi connectivity index (χ4n) is 2.10. The zero-order valence-electron chi connectivity index (χ0n) is 10.9. The molecule has 2 heteroatoms. The molecular formula is C16H21NS. The van der Waals surface area contributed by atoms with Gasteiger partial charge >= 0.3 is 0 Å². The van der Waals surface area contributed by atoms with E-state index in [0.29, 0.717) is 0 Å². The number of thiophene rings is 1. The third-order valence-electron chi connectivity index (χ3n) is 3.22. The summed E-state index contributed by atoms with van der Waals surface area (Å²) >= 11 is 1.86. The predicted octanol–water partition coefficient (Wildman–Crippen LogP) is 4.33. The third-order valence-corrected chi connectivity index (χ3v) is 4.58. The van der Waals surface area contributed by atoms with Crippen molar-refractivity contribution < 1.29 is 0 Å². The first-order valence-corrected chi connectivity index (χ1v) is 7.49. The Bertz CT molecular complexity index is 461. The molecule has 2 N–H and O–H groups in total. The highest BCUT2D eigenvalue weighted by Gasteiger charge is 2.08. The fraction of sp³-hybridized carbons (Fsp3) is 0.375. The monoisotopic (exact) mass is 259 g/mol. The van der Waals surface area contributed by atoms with E-state index in [0.717, 1.165) is 25.7 Å². The summed E-state index contributed by atoms with van der Waals surface area (Å²) in [5.41, 5.74) is 7.65. The Morgan fingerprint density at radius 1 is 1.11 bits per heavy atom. The SMILES string of the molecule is CCc1ccc(C(N)CCCc2ccccc2)s1. The van der Waals surface area contributed by atoms with Gasteiger partial charge in [0.15, 0.2) is 0 Å². The second-order valence-corrected chi connectivity index (χ2v) is 5.84. The van der Waals surface area contributed by atoms with E-state index in [4.69, 9.17) is 5.73 Å². The van der Waals surface area contributed by atoms with Gasteiger partial charge in [-0.25, -0.2) is 0 Å². The molecule has 1 unspecified atom stereocenters. The first-order valence-electron chi connectivity index (χ1n) is 6.67. The summed E-state index contributed by atoms with van der Waals surface area (Å²) in [6, 6.07) is 15.2. The van der Waals surface area contributed by atoms with Crippen molar-refractivity contribution >= 4 is 11.3 Å². The summed E-state index contributed by atoms with van der Waals surface area (Å²) in [5.74, 6) is 0. The smallest absolute Gasteiger partial charge is 0.0389 e. The molecule has 0 spiro atoms. The van der Waals surface area contributed by atoms with Crippen LogP contribution in [0.4, 0.5) is 0 Å². The van der Waals surface area contributed by atoms with Crippen molar-refractivity contribution in [2.75, 3.05) is 0 Å². The molecule has 1 aromatic carbocycles. The summed E-state index contributed by atoms with van der Waals surface area (Å²) in [5, 5.41) is 0. The Morgan fingerprint density at radius 3 is 2.56 bits per heavy atom. The van der Waals surface area contributed by atoms with E-state index in [2.05, 4.69) is 49.4 Å². The van der Waals surface area contributed by atoms with Gasteiger partial charge in [0, 0.05) is 15.8 Å².